The Labute approximate surface area is 131 Å². The van der Waals surface area contributed by atoms with Crippen molar-refractivity contribution in [1.29, 1.82) is 0 Å². The number of hydrogen-bond acceptors (Lipinski definition) is 5. The van der Waals surface area contributed by atoms with E-state index in [1.807, 2.05) is 35.4 Å². The molecule has 114 valence electrons. The van der Waals surface area contributed by atoms with Crippen molar-refractivity contribution in [2.45, 2.75) is 18.8 Å². The van der Waals surface area contributed by atoms with Crippen molar-refractivity contribution in [2.75, 3.05) is 12.4 Å². The maximum Gasteiger partial charge on any atom is 0.224 e. The molecule has 0 atom stereocenters. The van der Waals surface area contributed by atoms with E-state index < -0.39 is 0 Å². The molecule has 1 saturated carbocycles. The number of H-pyrrole nitrogens is 1. The molecule has 0 bridgehead atoms. The molecule has 0 amide bonds. The summed E-state index contributed by atoms with van der Waals surface area (Å²) in [5.41, 5.74) is 4.92. The first-order chi connectivity index (χ1) is 11.3. The summed E-state index contributed by atoms with van der Waals surface area (Å²) in [6.07, 6.45) is 10.1. The minimum atomic E-state index is 0.598. The number of hydrogen-bond donors (Lipinski definition) is 2. The van der Waals surface area contributed by atoms with Gasteiger partial charge in [0.15, 0.2) is 5.65 Å². The van der Waals surface area contributed by atoms with Crippen LogP contribution in [0.1, 0.15) is 24.3 Å². The first-order valence-corrected chi connectivity index (χ1v) is 7.70. The van der Waals surface area contributed by atoms with E-state index in [9.17, 15) is 0 Å². The molecule has 4 aromatic heterocycles. The van der Waals surface area contributed by atoms with Crippen molar-refractivity contribution in [3.05, 3.63) is 36.4 Å². The molecule has 2 N–H and O–H groups in total. The fourth-order valence-corrected chi connectivity index (χ4v) is 2.96. The molecular weight excluding hydrogens is 290 g/mol. The molecule has 0 saturated heterocycles. The van der Waals surface area contributed by atoms with Crippen LogP contribution in [0, 0.1) is 0 Å². The number of nitrogens with one attached hydrogen (secondary N) is 2. The molecule has 0 unspecified atom stereocenters. The van der Waals surface area contributed by atoms with Crippen molar-refractivity contribution in [1.82, 2.24) is 29.5 Å². The molecule has 7 nitrogen and oxygen atoms in total. The Bertz CT molecular complexity index is 1030. The van der Waals surface area contributed by atoms with Crippen LogP contribution in [0.5, 0.6) is 0 Å². The van der Waals surface area contributed by atoms with Crippen LogP contribution in [0.4, 0.5) is 5.95 Å². The molecule has 7 heteroatoms. The van der Waals surface area contributed by atoms with E-state index in [2.05, 4.69) is 25.4 Å². The molecule has 1 aliphatic carbocycles. The van der Waals surface area contributed by atoms with Gasteiger partial charge in [0.05, 0.1) is 11.9 Å². The Balaban J connectivity index is 1.68. The van der Waals surface area contributed by atoms with Gasteiger partial charge in [-0.2, -0.15) is 10.1 Å². The molecule has 1 aliphatic rings. The van der Waals surface area contributed by atoms with Gasteiger partial charge < -0.3 is 10.3 Å². The zero-order chi connectivity index (χ0) is 15.4. The largest absolute Gasteiger partial charge is 0.357 e. The Morgan fingerprint density at radius 1 is 1.26 bits per heavy atom. The highest BCUT2D eigenvalue weighted by atomic mass is 15.2. The van der Waals surface area contributed by atoms with Crippen LogP contribution in [0.15, 0.2) is 30.9 Å². The van der Waals surface area contributed by atoms with Gasteiger partial charge in [0.1, 0.15) is 5.65 Å². The summed E-state index contributed by atoms with van der Waals surface area (Å²) in [6, 6.07) is 1.98. The number of fused-ring (bicyclic) bond motifs is 2. The highest BCUT2D eigenvalue weighted by Gasteiger charge is 2.27. The van der Waals surface area contributed by atoms with Crippen LogP contribution < -0.4 is 5.32 Å². The van der Waals surface area contributed by atoms with Crippen LogP contribution in [0.25, 0.3) is 27.9 Å². The fourth-order valence-electron chi connectivity index (χ4n) is 2.96. The van der Waals surface area contributed by atoms with Crippen LogP contribution in [-0.4, -0.2) is 36.6 Å². The Kier molecular flexibility index (Phi) is 2.47. The van der Waals surface area contributed by atoms with E-state index in [-0.39, 0.29) is 0 Å². The van der Waals surface area contributed by atoms with E-state index in [4.69, 9.17) is 4.98 Å². The molecular formula is C16H15N7. The minimum absolute atomic E-state index is 0.598. The van der Waals surface area contributed by atoms with Crippen LogP contribution in [-0.2, 0) is 0 Å². The molecule has 5 rings (SSSR count). The lowest BCUT2D eigenvalue weighted by molar-refractivity contribution is 0.941. The molecule has 23 heavy (non-hydrogen) atoms. The van der Waals surface area contributed by atoms with Crippen LogP contribution in [0.3, 0.4) is 0 Å². The van der Waals surface area contributed by atoms with Gasteiger partial charge in [-0.1, -0.05) is 0 Å². The van der Waals surface area contributed by atoms with Gasteiger partial charge >= 0.3 is 0 Å². The summed E-state index contributed by atoms with van der Waals surface area (Å²) in [5, 5.41) is 8.31. The predicted octanol–water partition coefficient (Wildman–Crippen LogP) is 2.59. The Morgan fingerprint density at radius 3 is 3.00 bits per heavy atom. The fraction of sp³-hybridized carbons (Fsp3) is 0.250. The summed E-state index contributed by atoms with van der Waals surface area (Å²) in [5.74, 6) is 1.22. The number of anilines is 1. The van der Waals surface area contributed by atoms with Crippen molar-refractivity contribution in [3.8, 4) is 11.3 Å². The third-order valence-corrected chi connectivity index (χ3v) is 4.35. The third-order valence-electron chi connectivity index (χ3n) is 4.35. The van der Waals surface area contributed by atoms with Crippen LogP contribution in [0.2, 0.25) is 0 Å². The average molecular weight is 305 g/mol. The number of nitrogens with zero attached hydrogens (tertiary/aromatic N) is 5. The minimum Gasteiger partial charge on any atom is -0.357 e. The standard InChI is InChI=1S/C16H15N7/c1-17-16-19-7-12-11(6-18-14(12)22-16)13-4-5-23-15(21-13)10(8-20-23)9-2-3-9/h4-9H,2-3H2,1H3,(H2,17,18,19,22). The number of aromatic nitrogens is 6. The highest BCUT2D eigenvalue weighted by Crippen LogP contribution is 2.41. The maximum absolute atomic E-state index is 4.84. The van der Waals surface area contributed by atoms with Crippen molar-refractivity contribution >= 4 is 22.6 Å². The van der Waals surface area contributed by atoms with Gasteiger partial charge in [0.25, 0.3) is 0 Å². The van der Waals surface area contributed by atoms with E-state index in [1.165, 1.54) is 18.4 Å². The first kappa shape index (κ1) is 12.6. The second kappa shape index (κ2) is 4.52. The Morgan fingerprint density at radius 2 is 2.17 bits per heavy atom. The quantitative estimate of drug-likeness (QED) is 0.608. The van der Waals surface area contributed by atoms with Crippen molar-refractivity contribution in [3.63, 3.8) is 0 Å². The smallest absolute Gasteiger partial charge is 0.224 e. The summed E-state index contributed by atoms with van der Waals surface area (Å²) in [4.78, 5) is 16.8. The maximum atomic E-state index is 4.84. The van der Waals surface area contributed by atoms with E-state index in [0.29, 0.717) is 11.9 Å². The molecule has 4 heterocycles. The average Bonchev–Trinajstić information content (AvgIpc) is 3.21. The molecule has 1 fully saturated rings. The lowest BCUT2D eigenvalue weighted by Crippen LogP contribution is -1.95. The topological polar surface area (TPSA) is 83.8 Å². The Hall–Kier alpha value is -2.96. The summed E-state index contributed by atoms with van der Waals surface area (Å²) >= 11 is 0. The van der Waals surface area contributed by atoms with Crippen LogP contribution >= 0.6 is 0 Å². The second-order valence-corrected chi connectivity index (χ2v) is 5.86. The van der Waals surface area contributed by atoms with E-state index in [0.717, 1.165) is 27.9 Å². The van der Waals surface area contributed by atoms with E-state index in [1.54, 1.807) is 7.05 Å². The zero-order valence-corrected chi connectivity index (χ0v) is 12.6. The highest BCUT2D eigenvalue weighted by molar-refractivity contribution is 5.92. The van der Waals surface area contributed by atoms with Gasteiger partial charge in [-0.3, -0.25) is 0 Å². The molecule has 0 radical (unpaired) electrons. The first-order valence-electron chi connectivity index (χ1n) is 7.70. The van der Waals surface area contributed by atoms with Crippen molar-refractivity contribution in [2.24, 2.45) is 0 Å². The van der Waals surface area contributed by atoms with Gasteiger partial charge in [-0.05, 0) is 24.8 Å². The lowest BCUT2D eigenvalue weighted by atomic mass is 10.1. The monoisotopic (exact) mass is 305 g/mol. The summed E-state index contributed by atoms with van der Waals surface area (Å²) < 4.78 is 1.85. The SMILES string of the molecule is CNc1ncc2c(-c3ccn4ncc(C5CC5)c4n3)c[nH]c2n1. The molecule has 0 aromatic carbocycles. The third kappa shape index (κ3) is 1.89. The summed E-state index contributed by atoms with van der Waals surface area (Å²) in [6.45, 7) is 0. The van der Waals surface area contributed by atoms with Gasteiger partial charge in [0.2, 0.25) is 5.95 Å². The summed E-state index contributed by atoms with van der Waals surface area (Å²) in [7, 11) is 1.81. The molecule has 0 spiro atoms. The van der Waals surface area contributed by atoms with Gasteiger partial charge in [-0.25, -0.2) is 14.5 Å². The predicted molar refractivity (Wildman–Crippen MR) is 87.4 cm³/mol. The zero-order valence-electron chi connectivity index (χ0n) is 12.6. The number of rotatable bonds is 3. The normalized spacial score (nSPS) is 14.7. The van der Waals surface area contributed by atoms with Gasteiger partial charge in [-0.15, -0.1) is 0 Å². The van der Waals surface area contributed by atoms with Gasteiger partial charge in [0, 0.05) is 42.2 Å². The second-order valence-electron chi connectivity index (χ2n) is 5.86. The molecule has 4 aromatic rings. The number of aromatic amines is 1. The van der Waals surface area contributed by atoms with E-state index >= 15 is 0 Å². The molecule has 0 aliphatic heterocycles. The lowest BCUT2D eigenvalue weighted by Gasteiger charge is -2.02. The van der Waals surface area contributed by atoms with Crippen molar-refractivity contribution < 1.29 is 0 Å².